The first-order valence-electron chi connectivity index (χ1n) is 4.36. The molecular formula is C12H12F2. The van der Waals surface area contributed by atoms with E-state index in [1.165, 1.54) is 12.1 Å². The molecule has 0 aliphatic rings. The average Bonchev–Trinajstić information content (AvgIpc) is 2.08. The molecule has 0 heterocycles. The molecule has 0 amide bonds. The van der Waals surface area contributed by atoms with Gasteiger partial charge in [0, 0.05) is 11.6 Å². The monoisotopic (exact) mass is 194 g/mol. The number of halogens is 2. The number of allylic oxidation sites excluding steroid dienone is 3. The topological polar surface area (TPSA) is 0 Å². The minimum atomic E-state index is -0.554. The molecule has 0 nitrogen and oxygen atoms in total. The number of rotatable bonds is 2. The molecule has 14 heavy (non-hydrogen) atoms. The summed E-state index contributed by atoms with van der Waals surface area (Å²) in [5.74, 6) is -1.09. The Hall–Kier alpha value is -1.44. The molecule has 1 aromatic rings. The highest BCUT2D eigenvalue weighted by atomic mass is 19.1. The van der Waals surface area contributed by atoms with Gasteiger partial charge < -0.3 is 0 Å². The van der Waals surface area contributed by atoms with Gasteiger partial charge in [0.25, 0.3) is 0 Å². The largest absolute Gasteiger partial charge is 0.207 e. The van der Waals surface area contributed by atoms with E-state index in [-0.39, 0.29) is 0 Å². The summed E-state index contributed by atoms with van der Waals surface area (Å²) in [6.45, 7) is 3.90. The van der Waals surface area contributed by atoms with Gasteiger partial charge in [0.05, 0.1) is 0 Å². The Morgan fingerprint density at radius 3 is 2.50 bits per heavy atom. The van der Waals surface area contributed by atoms with E-state index in [4.69, 9.17) is 0 Å². The van der Waals surface area contributed by atoms with E-state index in [1.807, 2.05) is 19.9 Å². The first kappa shape index (κ1) is 10.6. The van der Waals surface area contributed by atoms with Gasteiger partial charge in [-0.3, -0.25) is 0 Å². The Kier molecular flexibility index (Phi) is 3.57. The molecule has 0 bridgehead atoms. The molecule has 0 aromatic heterocycles. The van der Waals surface area contributed by atoms with Gasteiger partial charge in [0.2, 0.25) is 0 Å². The van der Waals surface area contributed by atoms with Gasteiger partial charge in [-0.15, -0.1) is 0 Å². The van der Waals surface area contributed by atoms with Crippen molar-refractivity contribution in [3.05, 3.63) is 53.1 Å². The quantitative estimate of drug-likeness (QED) is 0.625. The molecule has 1 rings (SSSR count). The van der Waals surface area contributed by atoms with Crippen LogP contribution in [0.3, 0.4) is 0 Å². The van der Waals surface area contributed by atoms with Crippen LogP contribution in [-0.4, -0.2) is 0 Å². The zero-order chi connectivity index (χ0) is 10.6. The lowest BCUT2D eigenvalue weighted by Crippen LogP contribution is -1.83. The van der Waals surface area contributed by atoms with Crippen molar-refractivity contribution in [2.24, 2.45) is 0 Å². The van der Waals surface area contributed by atoms with E-state index in [9.17, 15) is 8.78 Å². The van der Waals surface area contributed by atoms with Crippen molar-refractivity contribution in [3.8, 4) is 0 Å². The second-order valence-electron chi connectivity index (χ2n) is 3.27. The summed E-state index contributed by atoms with van der Waals surface area (Å²) in [6.07, 6.45) is 5.22. The summed E-state index contributed by atoms with van der Waals surface area (Å²) in [6, 6.07) is 3.54. The van der Waals surface area contributed by atoms with Crippen LogP contribution in [0.4, 0.5) is 8.78 Å². The summed E-state index contributed by atoms with van der Waals surface area (Å²) in [4.78, 5) is 0. The summed E-state index contributed by atoms with van der Waals surface area (Å²) in [7, 11) is 0. The molecule has 0 unspecified atom stereocenters. The normalized spacial score (nSPS) is 10.6. The fourth-order valence-electron chi connectivity index (χ4n) is 0.981. The Balaban J connectivity index is 2.87. The van der Waals surface area contributed by atoms with E-state index in [0.717, 1.165) is 11.6 Å². The average molecular weight is 194 g/mol. The van der Waals surface area contributed by atoms with E-state index in [1.54, 1.807) is 12.2 Å². The molecule has 1 aromatic carbocycles. The molecule has 0 saturated heterocycles. The van der Waals surface area contributed by atoms with E-state index in [0.29, 0.717) is 5.56 Å². The predicted octanol–water partition coefficient (Wildman–Crippen LogP) is 3.94. The van der Waals surface area contributed by atoms with E-state index < -0.39 is 11.6 Å². The zero-order valence-electron chi connectivity index (χ0n) is 8.22. The summed E-state index contributed by atoms with van der Waals surface area (Å²) >= 11 is 0. The third-order valence-electron chi connectivity index (χ3n) is 1.67. The summed E-state index contributed by atoms with van der Waals surface area (Å²) < 4.78 is 25.6. The van der Waals surface area contributed by atoms with Crippen molar-refractivity contribution in [2.75, 3.05) is 0 Å². The molecule has 0 N–H and O–H groups in total. The molecule has 0 aliphatic heterocycles. The SMILES string of the molecule is CC(C)=C/C=C\c1ccc(F)cc1F. The van der Waals surface area contributed by atoms with Crippen LogP contribution >= 0.6 is 0 Å². The molecule has 0 atom stereocenters. The maximum absolute atomic E-state index is 13.1. The fourth-order valence-corrected chi connectivity index (χ4v) is 0.981. The Morgan fingerprint density at radius 1 is 1.21 bits per heavy atom. The van der Waals surface area contributed by atoms with Gasteiger partial charge in [-0.05, 0) is 26.0 Å². The number of benzene rings is 1. The smallest absolute Gasteiger partial charge is 0.133 e. The van der Waals surface area contributed by atoms with Crippen LogP contribution in [0, 0.1) is 11.6 Å². The van der Waals surface area contributed by atoms with Gasteiger partial charge in [0.1, 0.15) is 11.6 Å². The second-order valence-corrected chi connectivity index (χ2v) is 3.27. The molecule has 0 saturated carbocycles. The highest BCUT2D eigenvalue weighted by molar-refractivity contribution is 5.51. The maximum atomic E-state index is 13.1. The lowest BCUT2D eigenvalue weighted by molar-refractivity contribution is 0.581. The summed E-state index contributed by atoms with van der Waals surface area (Å²) in [5, 5.41) is 0. The molecule has 0 spiro atoms. The van der Waals surface area contributed by atoms with Crippen molar-refractivity contribution in [1.82, 2.24) is 0 Å². The Labute approximate surface area is 82.6 Å². The van der Waals surface area contributed by atoms with Gasteiger partial charge >= 0.3 is 0 Å². The summed E-state index contributed by atoms with van der Waals surface area (Å²) in [5.41, 5.74) is 1.52. The van der Waals surface area contributed by atoms with Crippen LogP contribution in [0.5, 0.6) is 0 Å². The molecule has 2 heteroatoms. The highest BCUT2D eigenvalue weighted by Gasteiger charge is 1.98. The Morgan fingerprint density at radius 2 is 1.93 bits per heavy atom. The van der Waals surface area contributed by atoms with Crippen LogP contribution in [0.15, 0.2) is 35.9 Å². The van der Waals surface area contributed by atoms with E-state index >= 15 is 0 Å². The van der Waals surface area contributed by atoms with E-state index in [2.05, 4.69) is 0 Å². The molecule has 0 fully saturated rings. The van der Waals surface area contributed by atoms with Crippen molar-refractivity contribution in [3.63, 3.8) is 0 Å². The molecule has 74 valence electrons. The van der Waals surface area contributed by atoms with Crippen LogP contribution in [0.25, 0.3) is 6.08 Å². The fraction of sp³-hybridized carbons (Fsp3) is 0.167. The first-order chi connectivity index (χ1) is 6.59. The zero-order valence-corrected chi connectivity index (χ0v) is 8.22. The van der Waals surface area contributed by atoms with Crippen LogP contribution in [0.2, 0.25) is 0 Å². The van der Waals surface area contributed by atoms with Crippen LogP contribution < -0.4 is 0 Å². The van der Waals surface area contributed by atoms with Crippen molar-refractivity contribution in [1.29, 1.82) is 0 Å². The third-order valence-corrected chi connectivity index (χ3v) is 1.67. The maximum Gasteiger partial charge on any atom is 0.133 e. The first-order valence-corrected chi connectivity index (χ1v) is 4.36. The minimum Gasteiger partial charge on any atom is -0.207 e. The Bertz CT molecular complexity index is 372. The lowest BCUT2D eigenvalue weighted by Gasteiger charge is -1.95. The molecule has 0 radical (unpaired) electrons. The third kappa shape index (κ3) is 3.13. The second kappa shape index (κ2) is 4.70. The van der Waals surface area contributed by atoms with Crippen molar-refractivity contribution >= 4 is 6.08 Å². The van der Waals surface area contributed by atoms with Gasteiger partial charge in [-0.1, -0.05) is 23.8 Å². The van der Waals surface area contributed by atoms with Crippen LogP contribution in [0.1, 0.15) is 19.4 Å². The number of hydrogen-bond donors (Lipinski definition) is 0. The number of hydrogen-bond acceptors (Lipinski definition) is 0. The predicted molar refractivity (Wildman–Crippen MR) is 54.8 cm³/mol. The molecular weight excluding hydrogens is 182 g/mol. The van der Waals surface area contributed by atoms with Crippen molar-refractivity contribution < 1.29 is 8.78 Å². The molecule has 0 aliphatic carbocycles. The van der Waals surface area contributed by atoms with Crippen molar-refractivity contribution in [2.45, 2.75) is 13.8 Å². The lowest BCUT2D eigenvalue weighted by atomic mass is 10.2. The van der Waals surface area contributed by atoms with Gasteiger partial charge in [-0.2, -0.15) is 0 Å². The highest BCUT2D eigenvalue weighted by Crippen LogP contribution is 2.11. The van der Waals surface area contributed by atoms with Crippen LogP contribution in [-0.2, 0) is 0 Å². The minimum absolute atomic E-state index is 0.393. The standard InChI is InChI=1S/C12H12F2/c1-9(2)4-3-5-10-6-7-11(13)8-12(10)14/h3-8H,1-2H3/b5-3-. The van der Waals surface area contributed by atoms with Gasteiger partial charge in [0.15, 0.2) is 0 Å². The van der Waals surface area contributed by atoms with Gasteiger partial charge in [-0.25, -0.2) is 8.78 Å².